The van der Waals surface area contributed by atoms with E-state index >= 15 is 0 Å². The Kier molecular flexibility index (Phi) is 6.84. The number of nitrogens with one attached hydrogen (secondary N) is 1. The van der Waals surface area contributed by atoms with E-state index in [2.05, 4.69) is 5.32 Å². The Hall–Kier alpha value is -3.20. The van der Waals surface area contributed by atoms with Gasteiger partial charge in [0.05, 0.1) is 6.04 Å². The number of hydrogen-bond donors (Lipinski definition) is 1. The van der Waals surface area contributed by atoms with Crippen LogP contribution in [0.15, 0.2) is 41.8 Å². The highest BCUT2D eigenvalue weighted by Crippen LogP contribution is 2.34. The predicted octanol–water partition coefficient (Wildman–Crippen LogP) is 2.51. The average Bonchev–Trinajstić information content (AvgIpc) is 3.57. The van der Waals surface area contributed by atoms with Gasteiger partial charge in [-0.25, -0.2) is 0 Å². The maximum atomic E-state index is 12.5. The molecular formula is C23H25N3O5S. The summed E-state index contributed by atoms with van der Waals surface area (Å²) < 4.78 is 5.08. The van der Waals surface area contributed by atoms with Crippen molar-refractivity contribution in [3.05, 3.63) is 52.2 Å². The van der Waals surface area contributed by atoms with E-state index in [-0.39, 0.29) is 31.0 Å². The SMILES string of the molecule is O=C(CNC(=O)c1ccc(N2CCCC2=O)cc1)OCC(=O)N1CCCC1c1cccs1. The summed E-state index contributed by atoms with van der Waals surface area (Å²) in [6.07, 6.45) is 3.20. The van der Waals surface area contributed by atoms with E-state index in [1.807, 2.05) is 17.5 Å². The lowest BCUT2D eigenvalue weighted by atomic mass is 10.2. The van der Waals surface area contributed by atoms with Crippen molar-refractivity contribution in [2.45, 2.75) is 31.7 Å². The number of nitrogens with zero attached hydrogens (tertiary/aromatic N) is 2. The van der Waals surface area contributed by atoms with Crippen LogP contribution in [0.25, 0.3) is 0 Å². The monoisotopic (exact) mass is 455 g/mol. The highest BCUT2D eigenvalue weighted by Gasteiger charge is 2.31. The number of benzene rings is 1. The molecule has 0 aliphatic carbocycles. The van der Waals surface area contributed by atoms with E-state index in [4.69, 9.17) is 4.74 Å². The van der Waals surface area contributed by atoms with Crippen LogP contribution in [-0.4, -0.2) is 54.8 Å². The fourth-order valence-electron chi connectivity index (χ4n) is 4.09. The lowest BCUT2D eigenvalue weighted by Gasteiger charge is -2.23. The van der Waals surface area contributed by atoms with Crippen LogP contribution in [0.5, 0.6) is 0 Å². The topological polar surface area (TPSA) is 96.0 Å². The van der Waals surface area contributed by atoms with Crippen LogP contribution in [0.4, 0.5) is 5.69 Å². The molecule has 0 spiro atoms. The van der Waals surface area contributed by atoms with Crippen LogP contribution in [0.3, 0.4) is 0 Å². The molecule has 2 fully saturated rings. The standard InChI is InChI=1S/C23H25N3O5S/c27-20-6-2-11-25(20)17-9-7-16(8-10-17)23(30)24-14-22(29)31-15-21(28)26-12-1-4-18(26)19-5-3-13-32-19/h3,5,7-10,13,18H,1-2,4,6,11-12,14-15H2,(H,24,30). The molecule has 1 atom stereocenters. The second-order valence-electron chi connectivity index (χ2n) is 7.80. The Morgan fingerprint density at radius 2 is 1.91 bits per heavy atom. The number of amides is 3. The number of anilines is 1. The molecule has 3 heterocycles. The number of hydrogen-bond acceptors (Lipinski definition) is 6. The molecule has 32 heavy (non-hydrogen) atoms. The number of esters is 1. The minimum atomic E-state index is -0.669. The smallest absolute Gasteiger partial charge is 0.325 e. The Bertz CT molecular complexity index is 990. The van der Waals surface area contributed by atoms with Crippen LogP contribution in [0.2, 0.25) is 0 Å². The van der Waals surface area contributed by atoms with E-state index in [1.165, 1.54) is 0 Å². The van der Waals surface area contributed by atoms with Gasteiger partial charge in [0.25, 0.3) is 11.8 Å². The quantitative estimate of drug-likeness (QED) is 0.648. The van der Waals surface area contributed by atoms with Gasteiger partial charge in [0.2, 0.25) is 5.91 Å². The minimum Gasteiger partial charge on any atom is -0.454 e. The number of thiophene rings is 1. The molecular weight excluding hydrogens is 430 g/mol. The number of carbonyl (C=O) groups excluding carboxylic acids is 4. The number of likely N-dealkylation sites (tertiary alicyclic amines) is 1. The molecule has 1 N–H and O–H groups in total. The molecule has 0 saturated carbocycles. The molecule has 1 unspecified atom stereocenters. The first kappa shape index (κ1) is 22.0. The van der Waals surface area contributed by atoms with E-state index < -0.39 is 11.9 Å². The van der Waals surface area contributed by atoms with Gasteiger partial charge in [-0.15, -0.1) is 11.3 Å². The van der Waals surface area contributed by atoms with Gasteiger partial charge in [-0.2, -0.15) is 0 Å². The maximum Gasteiger partial charge on any atom is 0.325 e. The third kappa shape index (κ3) is 4.99. The summed E-state index contributed by atoms with van der Waals surface area (Å²) in [6.45, 7) is 0.664. The molecule has 168 valence electrons. The van der Waals surface area contributed by atoms with Crippen LogP contribution in [0.1, 0.15) is 47.0 Å². The summed E-state index contributed by atoms with van der Waals surface area (Å²) in [4.78, 5) is 53.2. The molecule has 2 aliphatic rings. The summed E-state index contributed by atoms with van der Waals surface area (Å²) in [5.74, 6) is -1.24. The van der Waals surface area contributed by atoms with Gasteiger partial charge in [0, 0.05) is 35.6 Å². The van der Waals surface area contributed by atoms with Crippen molar-refractivity contribution in [2.24, 2.45) is 0 Å². The van der Waals surface area contributed by atoms with Crippen LogP contribution >= 0.6 is 11.3 Å². The highest BCUT2D eigenvalue weighted by molar-refractivity contribution is 7.10. The minimum absolute atomic E-state index is 0.0414. The molecule has 4 rings (SSSR count). The van der Waals surface area contributed by atoms with Crippen molar-refractivity contribution < 1.29 is 23.9 Å². The molecule has 2 aromatic rings. The normalized spacial score (nSPS) is 18.1. The second kappa shape index (κ2) is 9.95. The zero-order chi connectivity index (χ0) is 22.5. The number of rotatable bonds is 7. The van der Waals surface area contributed by atoms with Crippen molar-refractivity contribution >= 4 is 40.7 Å². The maximum absolute atomic E-state index is 12.5. The fraction of sp³-hybridized carbons (Fsp3) is 0.391. The average molecular weight is 456 g/mol. The molecule has 2 saturated heterocycles. The summed E-state index contributed by atoms with van der Waals surface area (Å²) in [7, 11) is 0. The van der Waals surface area contributed by atoms with Gasteiger partial charge in [0.1, 0.15) is 6.54 Å². The van der Waals surface area contributed by atoms with Crippen molar-refractivity contribution in [1.29, 1.82) is 0 Å². The molecule has 2 aliphatic heterocycles. The first-order chi connectivity index (χ1) is 15.5. The molecule has 0 radical (unpaired) electrons. The molecule has 1 aromatic carbocycles. The largest absolute Gasteiger partial charge is 0.454 e. The van der Waals surface area contributed by atoms with Crippen LogP contribution in [-0.2, 0) is 19.1 Å². The lowest BCUT2D eigenvalue weighted by molar-refractivity contribution is -0.151. The van der Waals surface area contributed by atoms with Crippen molar-refractivity contribution in [2.75, 3.05) is 31.1 Å². The Morgan fingerprint density at radius 3 is 2.59 bits per heavy atom. The van der Waals surface area contributed by atoms with Gasteiger partial charge in [-0.05, 0) is 55.0 Å². The van der Waals surface area contributed by atoms with Gasteiger partial charge >= 0.3 is 5.97 Å². The lowest BCUT2D eigenvalue weighted by Crippen LogP contribution is -2.36. The molecule has 1 aromatic heterocycles. The van der Waals surface area contributed by atoms with Crippen molar-refractivity contribution in [1.82, 2.24) is 10.2 Å². The van der Waals surface area contributed by atoms with Crippen LogP contribution < -0.4 is 10.2 Å². The molecule has 9 heteroatoms. The zero-order valence-electron chi connectivity index (χ0n) is 17.6. The predicted molar refractivity (Wildman–Crippen MR) is 119 cm³/mol. The summed E-state index contributed by atoms with van der Waals surface area (Å²) >= 11 is 1.61. The highest BCUT2D eigenvalue weighted by atomic mass is 32.1. The zero-order valence-corrected chi connectivity index (χ0v) is 18.4. The van der Waals surface area contributed by atoms with Gasteiger partial charge < -0.3 is 19.9 Å². The van der Waals surface area contributed by atoms with Crippen molar-refractivity contribution in [3.63, 3.8) is 0 Å². The Morgan fingerprint density at radius 1 is 1.09 bits per heavy atom. The van der Waals surface area contributed by atoms with Gasteiger partial charge in [-0.3, -0.25) is 19.2 Å². The summed E-state index contributed by atoms with van der Waals surface area (Å²) in [6, 6.07) is 10.7. The van der Waals surface area contributed by atoms with Gasteiger partial charge in [0.15, 0.2) is 6.61 Å². The Labute approximate surface area is 190 Å². The molecule has 3 amide bonds. The number of carbonyl (C=O) groups is 4. The van der Waals surface area contributed by atoms with Gasteiger partial charge in [-0.1, -0.05) is 6.07 Å². The van der Waals surface area contributed by atoms with Crippen molar-refractivity contribution in [3.8, 4) is 0 Å². The molecule has 8 nitrogen and oxygen atoms in total. The third-order valence-electron chi connectivity index (χ3n) is 5.71. The van der Waals surface area contributed by atoms with E-state index in [0.717, 1.165) is 29.8 Å². The summed E-state index contributed by atoms with van der Waals surface area (Å²) in [5.41, 5.74) is 1.13. The second-order valence-corrected chi connectivity index (χ2v) is 8.78. The first-order valence-corrected chi connectivity index (χ1v) is 11.6. The summed E-state index contributed by atoms with van der Waals surface area (Å²) in [5, 5.41) is 4.49. The fourth-order valence-corrected chi connectivity index (χ4v) is 4.96. The van der Waals surface area contributed by atoms with E-state index in [0.29, 0.717) is 25.1 Å². The Balaban J connectivity index is 1.22. The molecule has 0 bridgehead atoms. The third-order valence-corrected chi connectivity index (χ3v) is 6.68. The van der Waals surface area contributed by atoms with Crippen LogP contribution in [0, 0.1) is 0 Å². The first-order valence-electron chi connectivity index (χ1n) is 10.7. The van der Waals surface area contributed by atoms with E-state index in [1.54, 1.807) is 45.4 Å². The van der Waals surface area contributed by atoms with E-state index in [9.17, 15) is 19.2 Å². The number of ether oxygens (including phenoxy) is 1.